The van der Waals surface area contributed by atoms with E-state index in [1.54, 1.807) is 54.6 Å². The Kier molecular flexibility index (Phi) is 8.11. The summed E-state index contributed by atoms with van der Waals surface area (Å²) in [7, 11) is 0. The SMILES string of the molecule is CC(C)CN(CC(=O)c1c(-c2ccccc2)[nH]n(-c2ccc(Cl)cc2)c1=O)C(=O)c1cccc(C(F)(F)F)c1. The zero-order valence-corrected chi connectivity index (χ0v) is 21.9. The summed E-state index contributed by atoms with van der Waals surface area (Å²) in [5.74, 6) is -1.49. The second-order valence-corrected chi connectivity index (χ2v) is 9.86. The molecule has 4 aromatic rings. The topological polar surface area (TPSA) is 75.2 Å². The van der Waals surface area contributed by atoms with Crippen molar-refractivity contribution in [2.24, 2.45) is 5.92 Å². The molecule has 1 aromatic heterocycles. The summed E-state index contributed by atoms with van der Waals surface area (Å²) in [5, 5.41) is 3.46. The first-order valence-corrected chi connectivity index (χ1v) is 12.5. The van der Waals surface area contributed by atoms with Gasteiger partial charge < -0.3 is 4.90 Å². The highest BCUT2D eigenvalue weighted by atomic mass is 35.5. The van der Waals surface area contributed by atoms with Crippen molar-refractivity contribution in [2.45, 2.75) is 20.0 Å². The summed E-state index contributed by atoms with van der Waals surface area (Å²) in [6, 6.07) is 19.3. The molecule has 0 aliphatic rings. The van der Waals surface area contributed by atoms with Crippen molar-refractivity contribution in [1.82, 2.24) is 14.7 Å². The van der Waals surface area contributed by atoms with Crippen molar-refractivity contribution >= 4 is 23.3 Å². The fourth-order valence-electron chi connectivity index (χ4n) is 4.21. The average molecular weight is 556 g/mol. The van der Waals surface area contributed by atoms with Crippen LogP contribution in [-0.2, 0) is 6.18 Å². The van der Waals surface area contributed by atoms with E-state index in [0.29, 0.717) is 16.3 Å². The molecular formula is C29H25ClF3N3O3. The quantitative estimate of drug-likeness (QED) is 0.253. The minimum Gasteiger partial charge on any atom is -0.331 e. The van der Waals surface area contributed by atoms with Gasteiger partial charge in [-0.1, -0.05) is 61.8 Å². The van der Waals surface area contributed by atoms with Crippen molar-refractivity contribution in [3.8, 4) is 16.9 Å². The van der Waals surface area contributed by atoms with Crippen LogP contribution < -0.4 is 5.56 Å². The number of Topliss-reactive ketones (excluding diaryl/α,β-unsaturated/α-hetero) is 1. The maximum Gasteiger partial charge on any atom is 0.416 e. The van der Waals surface area contributed by atoms with Crippen LogP contribution in [0.1, 0.15) is 40.1 Å². The lowest BCUT2D eigenvalue weighted by atomic mass is 10.0. The van der Waals surface area contributed by atoms with E-state index < -0.39 is 35.5 Å². The zero-order chi connectivity index (χ0) is 28.3. The molecule has 0 bridgehead atoms. The molecule has 0 saturated carbocycles. The highest BCUT2D eigenvalue weighted by Crippen LogP contribution is 2.30. The van der Waals surface area contributed by atoms with Gasteiger partial charge in [0, 0.05) is 22.7 Å². The Morgan fingerprint density at radius 1 is 0.974 bits per heavy atom. The van der Waals surface area contributed by atoms with Crippen molar-refractivity contribution < 1.29 is 22.8 Å². The van der Waals surface area contributed by atoms with Crippen LogP contribution in [0.25, 0.3) is 16.9 Å². The van der Waals surface area contributed by atoms with Crippen LogP contribution in [0.5, 0.6) is 0 Å². The predicted octanol–water partition coefficient (Wildman–Crippen LogP) is 6.49. The number of hydrogen-bond donors (Lipinski definition) is 1. The molecule has 0 aliphatic carbocycles. The van der Waals surface area contributed by atoms with Crippen LogP contribution in [0.15, 0.2) is 83.7 Å². The lowest BCUT2D eigenvalue weighted by Crippen LogP contribution is -2.39. The summed E-state index contributed by atoms with van der Waals surface area (Å²) in [6.45, 7) is 3.23. The number of carbonyl (C=O) groups excluding carboxylic acids is 2. The number of H-pyrrole nitrogens is 1. The van der Waals surface area contributed by atoms with Gasteiger partial charge in [0.25, 0.3) is 11.5 Å². The molecule has 4 rings (SSSR count). The number of amides is 1. The van der Waals surface area contributed by atoms with E-state index in [1.807, 2.05) is 13.8 Å². The van der Waals surface area contributed by atoms with Gasteiger partial charge in [-0.05, 0) is 48.4 Å². The summed E-state index contributed by atoms with van der Waals surface area (Å²) in [4.78, 5) is 41.7. The third kappa shape index (κ3) is 6.31. The molecule has 10 heteroatoms. The second kappa shape index (κ2) is 11.3. The van der Waals surface area contributed by atoms with Gasteiger partial charge in [-0.3, -0.25) is 19.5 Å². The van der Waals surface area contributed by atoms with Gasteiger partial charge in [-0.15, -0.1) is 0 Å². The molecule has 39 heavy (non-hydrogen) atoms. The van der Waals surface area contributed by atoms with E-state index in [2.05, 4.69) is 5.10 Å². The largest absolute Gasteiger partial charge is 0.416 e. The number of aromatic nitrogens is 2. The summed E-state index contributed by atoms with van der Waals surface area (Å²) < 4.78 is 41.0. The highest BCUT2D eigenvalue weighted by molar-refractivity contribution is 6.30. The first-order valence-electron chi connectivity index (χ1n) is 12.1. The van der Waals surface area contributed by atoms with E-state index in [-0.39, 0.29) is 29.3 Å². The molecule has 1 amide bonds. The van der Waals surface area contributed by atoms with Gasteiger partial charge in [0.15, 0.2) is 5.78 Å². The molecule has 6 nitrogen and oxygen atoms in total. The van der Waals surface area contributed by atoms with Crippen molar-refractivity contribution in [1.29, 1.82) is 0 Å². The summed E-state index contributed by atoms with van der Waals surface area (Å²) in [5.41, 5.74) is -0.679. The predicted molar refractivity (Wildman–Crippen MR) is 143 cm³/mol. The normalized spacial score (nSPS) is 11.6. The molecule has 0 atom stereocenters. The number of benzene rings is 3. The van der Waals surface area contributed by atoms with Crippen molar-refractivity contribution in [3.63, 3.8) is 0 Å². The van der Waals surface area contributed by atoms with Crippen molar-refractivity contribution in [2.75, 3.05) is 13.1 Å². The summed E-state index contributed by atoms with van der Waals surface area (Å²) >= 11 is 5.98. The molecule has 0 aliphatic heterocycles. The van der Waals surface area contributed by atoms with Crippen LogP contribution in [0, 0.1) is 5.92 Å². The molecule has 1 N–H and O–H groups in total. The van der Waals surface area contributed by atoms with Crippen molar-refractivity contribution in [3.05, 3.63) is 111 Å². The molecule has 3 aromatic carbocycles. The maximum atomic E-state index is 13.7. The monoisotopic (exact) mass is 555 g/mol. The van der Waals surface area contributed by atoms with E-state index in [4.69, 9.17) is 11.6 Å². The molecular weight excluding hydrogens is 531 g/mol. The number of halogens is 4. The Bertz CT molecular complexity index is 1540. The van der Waals surface area contributed by atoms with E-state index in [1.165, 1.54) is 15.6 Å². The Morgan fingerprint density at radius 3 is 2.26 bits per heavy atom. The van der Waals surface area contributed by atoms with Gasteiger partial charge in [0.1, 0.15) is 5.56 Å². The second-order valence-electron chi connectivity index (χ2n) is 9.43. The highest BCUT2D eigenvalue weighted by Gasteiger charge is 2.32. The van der Waals surface area contributed by atoms with Crippen LogP contribution in [0.2, 0.25) is 5.02 Å². The standard InChI is InChI=1S/C29H25ClF3N3O3/c1-18(2)16-35(27(38)20-9-6-10-21(15-20)29(31,32)33)17-24(37)25-26(19-7-4-3-5-8-19)34-36(28(25)39)23-13-11-22(30)12-14-23/h3-15,18,34H,16-17H2,1-2H3. The maximum absolute atomic E-state index is 13.7. The summed E-state index contributed by atoms with van der Waals surface area (Å²) in [6.07, 6.45) is -4.63. The minimum absolute atomic E-state index is 0.0945. The smallest absolute Gasteiger partial charge is 0.331 e. The van der Waals surface area contributed by atoms with Crippen LogP contribution in [0.3, 0.4) is 0 Å². The van der Waals surface area contributed by atoms with Gasteiger partial charge >= 0.3 is 6.18 Å². The van der Waals surface area contributed by atoms with Crippen LogP contribution in [0.4, 0.5) is 13.2 Å². The third-order valence-corrected chi connectivity index (χ3v) is 6.21. The lowest BCUT2D eigenvalue weighted by Gasteiger charge is -2.24. The number of hydrogen-bond acceptors (Lipinski definition) is 3. The fraction of sp³-hybridized carbons (Fsp3) is 0.207. The number of nitrogens with one attached hydrogen (secondary N) is 1. The number of nitrogens with zero attached hydrogens (tertiary/aromatic N) is 2. The van der Waals surface area contributed by atoms with E-state index >= 15 is 0 Å². The fourth-order valence-corrected chi connectivity index (χ4v) is 4.33. The number of rotatable bonds is 8. The number of carbonyl (C=O) groups is 2. The van der Waals surface area contributed by atoms with E-state index in [9.17, 15) is 27.6 Å². The van der Waals surface area contributed by atoms with Gasteiger partial charge in [0.05, 0.1) is 23.5 Å². The van der Waals surface area contributed by atoms with Gasteiger partial charge in [-0.25, -0.2) is 4.68 Å². The minimum atomic E-state index is -4.63. The first-order chi connectivity index (χ1) is 18.5. The molecule has 1 heterocycles. The zero-order valence-electron chi connectivity index (χ0n) is 21.1. The van der Waals surface area contributed by atoms with Crippen LogP contribution in [-0.4, -0.2) is 39.5 Å². The average Bonchev–Trinajstić information content (AvgIpc) is 3.25. The first kappa shape index (κ1) is 27.9. The van der Waals surface area contributed by atoms with Gasteiger partial charge in [-0.2, -0.15) is 13.2 Å². The third-order valence-electron chi connectivity index (χ3n) is 5.96. The molecule has 202 valence electrons. The Labute approximate surface area is 227 Å². The number of alkyl halides is 3. The molecule has 0 radical (unpaired) electrons. The van der Waals surface area contributed by atoms with Gasteiger partial charge in [0.2, 0.25) is 0 Å². The lowest BCUT2D eigenvalue weighted by molar-refractivity contribution is -0.137. The number of aromatic amines is 1. The molecule has 0 saturated heterocycles. The van der Waals surface area contributed by atoms with E-state index in [0.717, 1.165) is 18.2 Å². The Morgan fingerprint density at radius 2 is 1.64 bits per heavy atom. The number of ketones is 1. The Hall–Kier alpha value is -4.11. The Balaban J connectivity index is 1.75. The van der Waals surface area contributed by atoms with Crippen LogP contribution >= 0.6 is 11.6 Å². The molecule has 0 spiro atoms. The molecule has 0 unspecified atom stereocenters. The molecule has 0 fully saturated rings.